The van der Waals surface area contributed by atoms with Crippen molar-refractivity contribution in [3.05, 3.63) is 38.8 Å². The molecule has 7 heteroatoms. The number of aromatic nitrogens is 1. The number of aryl methyl sites for hydroxylation is 1. The molecule has 94 valence electrons. The number of hydrogen-bond donors (Lipinski definition) is 2. The molecule has 1 aromatic carbocycles. The van der Waals surface area contributed by atoms with Crippen LogP contribution in [0, 0.1) is 6.92 Å². The van der Waals surface area contributed by atoms with Crippen LogP contribution in [0.25, 0.3) is 0 Å². The van der Waals surface area contributed by atoms with E-state index < -0.39 is 5.97 Å². The molecule has 0 fully saturated rings. The van der Waals surface area contributed by atoms with E-state index in [4.69, 9.17) is 28.3 Å². The summed E-state index contributed by atoms with van der Waals surface area (Å²) < 4.78 is 0. The van der Waals surface area contributed by atoms with E-state index in [2.05, 4.69) is 10.3 Å². The highest BCUT2D eigenvalue weighted by atomic mass is 35.5. The van der Waals surface area contributed by atoms with Crippen molar-refractivity contribution in [3.8, 4) is 0 Å². The number of carboxylic acid groups (broad SMARTS) is 1. The molecule has 0 radical (unpaired) electrons. The Kier molecular flexibility index (Phi) is 3.75. The van der Waals surface area contributed by atoms with Crippen molar-refractivity contribution in [1.82, 2.24) is 4.98 Å². The molecule has 4 nitrogen and oxygen atoms in total. The summed E-state index contributed by atoms with van der Waals surface area (Å²) in [7, 11) is 0. The lowest BCUT2D eigenvalue weighted by molar-refractivity contribution is 0.0701. The first kappa shape index (κ1) is 13.1. The number of anilines is 2. The van der Waals surface area contributed by atoms with E-state index in [-0.39, 0.29) is 4.88 Å². The van der Waals surface area contributed by atoms with E-state index in [1.165, 1.54) is 0 Å². The maximum Gasteiger partial charge on any atom is 0.347 e. The van der Waals surface area contributed by atoms with Crippen molar-refractivity contribution >= 4 is 51.3 Å². The van der Waals surface area contributed by atoms with Crippen molar-refractivity contribution in [2.75, 3.05) is 5.32 Å². The third-order valence-corrected chi connectivity index (χ3v) is 4.06. The molecule has 2 rings (SSSR count). The molecule has 1 aromatic heterocycles. The minimum atomic E-state index is -0.991. The van der Waals surface area contributed by atoms with Crippen LogP contribution in [0.3, 0.4) is 0 Å². The molecule has 0 unspecified atom stereocenters. The van der Waals surface area contributed by atoms with E-state index in [1.807, 2.05) is 0 Å². The Morgan fingerprint density at radius 3 is 2.78 bits per heavy atom. The largest absolute Gasteiger partial charge is 0.477 e. The van der Waals surface area contributed by atoms with Gasteiger partial charge in [0.1, 0.15) is 4.88 Å². The highest BCUT2D eigenvalue weighted by molar-refractivity contribution is 7.17. The van der Waals surface area contributed by atoms with Gasteiger partial charge >= 0.3 is 5.97 Å². The highest BCUT2D eigenvalue weighted by Crippen LogP contribution is 2.33. The third-order valence-electron chi connectivity index (χ3n) is 2.18. The zero-order chi connectivity index (χ0) is 13.3. The number of benzene rings is 1. The smallest absolute Gasteiger partial charge is 0.347 e. The normalized spacial score (nSPS) is 10.4. The number of thiazole rings is 1. The molecule has 0 saturated heterocycles. The molecular weight excluding hydrogens is 295 g/mol. The van der Waals surface area contributed by atoms with Gasteiger partial charge in [0.15, 0.2) is 5.13 Å². The van der Waals surface area contributed by atoms with Gasteiger partial charge in [-0.2, -0.15) is 0 Å². The maximum absolute atomic E-state index is 10.9. The van der Waals surface area contributed by atoms with Crippen LogP contribution in [0.4, 0.5) is 10.8 Å². The molecular formula is C11H8Cl2N2O2S. The summed E-state index contributed by atoms with van der Waals surface area (Å²) >= 11 is 13.0. The van der Waals surface area contributed by atoms with Gasteiger partial charge < -0.3 is 10.4 Å². The Bertz CT molecular complexity index is 613. The van der Waals surface area contributed by atoms with Crippen LogP contribution in [0.15, 0.2) is 18.2 Å². The fourth-order valence-electron chi connectivity index (χ4n) is 1.36. The topological polar surface area (TPSA) is 62.2 Å². The number of nitrogens with one attached hydrogen (secondary N) is 1. The summed E-state index contributed by atoms with van der Waals surface area (Å²) in [5.74, 6) is -0.991. The second-order valence-corrected chi connectivity index (χ2v) is 5.25. The summed E-state index contributed by atoms with van der Waals surface area (Å²) in [6.45, 7) is 1.64. The van der Waals surface area contributed by atoms with Gasteiger partial charge in [0.2, 0.25) is 0 Å². The summed E-state index contributed by atoms with van der Waals surface area (Å²) in [6, 6.07) is 5.16. The van der Waals surface area contributed by atoms with Crippen molar-refractivity contribution < 1.29 is 9.90 Å². The Hall–Kier alpha value is -1.30. The first-order chi connectivity index (χ1) is 8.49. The van der Waals surface area contributed by atoms with E-state index >= 15 is 0 Å². The van der Waals surface area contributed by atoms with Gasteiger partial charge in [-0.1, -0.05) is 40.6 Å². The number of nitrogens with zero attached hydrogens (tertiary/aromatic N) is 1. The van der Waals surface area contributed by atoms with E-state index in [1.54, 1.807) is 25.1 Å². The number of rotatable bonds is 3. The first-order valence-electron chi connectivity index (χ1n) is 4.91. The van der Waals surface area contributed by atoms with E-state index in [9.17, 15) is 4.79 Å². The van der Waals surface area contributed by atoms with Gasteiger partial charge in [-0.05, 0) is 19.1 Å². The van der Waals surface area contributed by atoms with Crippen molar-refractivity contribution in [1.29, 1.82) is 0 Å². The van der Waals surface area contributed by atoms with Gasteiger partial charge in [-0.15, -0.1) is 0 Å². The number of carboxylic acids is 1. The molecule has 0 aliphatic heterocycles. The Balaban J connectivity index is 2.32. The molecule has 0 spiro atoms. The molecule has 1 heterocycles. The Morgan fingerprint density at radius 1 is 1.44 bits per heavy atom. The summed E-state index contributed by atoms with van der Waals surface area (Å²) in [4.78, 5) is 15.2. The second-order valence-electron chi connectivity index (χ2n) is 3.47. The maximum atomic E-state index is 10.9. The molecule has 2 aromatic rings. The van der Waals surface area contributed by atoms with Crippen LogP contribution in [-0.2, 0) is 0 Å². The molecule has 18 heavy (non-hydrogen) atoms. The zero-order valence-corrected chi connectivity index (χ0v) is 11.5. The van der Waals surface area contributed by atoms with Crippen molar-refractivity contribution in [2.24, 2.45) is 0 Å². The van der Waals surface area contributed by atoms with Crippen LogP contribution < -0.4 is 5.32 Å². The van der Waals surface area contributed by atoms with Gasteiger partial charge in [0.05, 0.1) is 21.4 Å². The zero-order valence-electron chi connectivity index (χ0n) is 9.20. The van der Waals surface area contributed by atoms with Crippen molar-refractivity contribution in [2.45, 2.75) is 6.92 Å². The summed E-state index contributed by atoms with van der Waals surface area (Å²) in [5.41, 5.74) is 1.06. The molecule has 0 aliphatic rings. The third kappa shape index (κ3) is 2.58. The summed E-state index contributed by atoms with van der Waals surface area (Å²) in [6.07, 6.45) is 0. The average Bonchev–Trinajstić information content (AvgIpc) is 2.66. The quantitative estimate of drug-likeness (QED) is 0.892. The van der Waals surface area contributed by atoms with Crippen LogP contribution in [-0.4, -0.2) is 16.1 Å². The number of hydrogen-bond acceptors (Lipinski definition) is 4. The molecule has 2 N–H and O–H groups in total. The molecule has 0 bridgehead atoms. The number of halogens is 2. The monoisotopic (exact) mass is 302 g/mol. The fourth-order valence-corrected chi connectivity index (χ4v) is 2.53. The number of carbonyl (C=O) groups is 1. The lowest BCUT2D eigenvalue weighted by Crippen LogP contribution is -1.94. The summed E-state index contributed by atoms with van der Waals surface area (Å²) in [5, 5.41) is 13.2. The minimum absolute atomic E-state index is 0.204. The predicted octanol–water partition coefficient (Wildman–Crippen LogP) is 4.20. The lowest BCUT2D eigenvalue weighted by atomic mass is 10.3. The standard InChI is InChI=1S/C11H8Cl2N2O2S/c1-5-9(10(16)17)18-11(14-5)15-7-4-2-3-6(12)8(7)13/h2-4H,1H3,(H,14,15)(H,16,17). The fraction of sp³-hybridized carbons (Fsp3) is 0.0909. The molecule has 0 atom stereocenters. The lowest BCUT2D eigenvalue weighted by Gasteiger charge is -2.05. The van der Waals surface area contributed by atoms with E-state index in [0.717, 1.165) is 11.3 Å². The average molecular weight is 303 g/mol. The molecule has 0 aliphatic carbocycles. The van der Waals surface area contributed by atoms with Gasteiger partial charge in [0, 0.05) is 0 Å². The van der Waals surface area contributed by atoms with Gasteiger partial charge in [-0.3, -0.25) is 0 Å². The Morgan fingerprint density at radius 2 is 2.17 bits per heavy atom. The highest BCUT2D eigenvalue weighted by Gasteiger charge is 2.14. The second kappa shape index (κ2) is 5.14. The van der Waals surface area contributed by atoms with Crippen LogP contribution >= 0.6 is 34.5 Å². The Labute approximate surface area is 117 Å². The first-order valence-corrected chi connectivity index (χ1v) is 6.48. The van der Waals surface area contributed by atoms with Crippen LogP contribution in [0.5, 0.6) is 0 Å². The van der Waals surface area contributed by atoms with Gasteiger partial charge in [-0.25, -0.2) is 9.78 Å². The SMILES string of the molecule is Cc1nc(Nc2cccc(Cl)c2Cl)sc1C(=O)O. The predicted molar refractivity (Wildman–Crippen MR) is 73.6 cm³/mol. The molecule has 0 amide bonds. The molecule has 0 saturated carbocycles. The number of aromatic carboxylic acids is 1. The van der Waals surface area contributed by atoms with Crippen LogP contribution in [0.2, 0.25) is 10.0 Å². The van der Waals surface area contributed by atoms with E-state index in [0.29, 0.717) is 26.6 Å². The van der Waals surface area contributed by atoms with Crippen molar-refractivity contribution in [3.63, 3.8) is 0 Å². The minimum Gasteiger partial charge on any atom is -0.477 e. The van der Waals surface area contributed by atoms with Crippen LogP contribution in [0.1, 0.15) is 15.4 Å². The van der Waals surface area contributed by atoms with Gasteiger partial charge in [0.25, 0.3) is 0 Å².